The molecule has 0 amide bonds. The van der Waals surface area contributed by atoms with Crippen molar-refractivity contribution in [2.45, 2.75) is 25.4 Å². The molecule has 2 aromatic rings. The second-order valence-corrected chi connectivity index (χ2v) is 6.11. The predicted octanol–water partition coefficient (Wildman–Crippen LogP) is 2.68. The zero-order valence-corrected chi connectivity index (χ0v) is 13.9. The summed E-state index contributed by atoms with van der Waals surface area (Å²) < 4.78 is 55.5. The number of anilines is 1. The normalized spacial score (nSPS) is 17.3. The topological polar surface area (TPSA) is 69.2 Å². The van der Waals surface area contributed by atoms with E-state index < -0.39 is 12.5 Å². The fourth-order valence-electron chi connectivity index (χ4n) is 2.98. The number of hydrogen-bond acceptors (Lipinski definition) is 5. The molecule has 0 saturated carbocycles. The average molecular weight is 373 g/mol. The van der Waals surface area contributed by atoms with Gasteiger partial charge in [0.1, 0.15) is 18.2 Å². The summed E-state index contributed by atoms with van der Waals surface area (Å²) >= 11 is 0. The first-order valence-electron chi connectivity index (χ1n) is 8.22. The molecule has 1 saturated heterocycles. The van der Waals surface area contributed by atoms with Crippen LogP contribution in [0.3, 0.4) is 0 Å². The number of ether oxygens (including phenoxy) is 1. The van der Waals surface area contributed by atoms with Crippen molar-refractivity contribution in [3.05, 3.63) is 30.6 Å². The summed E-state index contributed by atoms with van der Waals surface area (Å²) in [5, 5.41) is 4.35. The molecule has 1 aromatic carbocycles. The molecule has 1 fully saturated rings. The summed E-state index contributed by atoms with van der Waals surface area (Å²) in [6.45, 7) is 1.30. The molecular weight excluding hydrogens is 354 g/mol. The van der Waals surface area contributed by atoms with Gasteiger partial charge in [-0.1, -0.05) is 0 Å². The van der Waals surface area contributed by atoms with Crippen molar-refractivity contribution in [2.24, 2.45) is 11.7 Å². The molecule has 142 valence electrons. The van der Waals surface area contributed by atoms with Crippen molar-refractivity contribution < 1.29 is 22.3 Å². The van der Waals surface area contributed by atoms with E-state index in [0.717, 1.165) is 0 Å². The number of alkyl halides is 4. The van der Waals surface area contributed by atoms with Gasteiger partial charge in [-0.3, -0.25) is 0 Å². The Morgan fingerprint density at radius 3 is 2.42 bits per heavy atom. The highest BCUT2D eigenvalue weighted by molar-refractivity contribution is 5.38. The molecule has 1 aromatic heterocycles. The van der Waals surface area contributed by atoms with Crippen molar-refractivity contribution in [1.29, 1.82) is 0 Å². The quantitative estimate of drug-likeness (QED) is 0.816. The van der Waals surface area contributed by atoms with Gasteiger partial charge in [0.05, 0.1) is 5.69 Å². The van der Waals surface area contributed by atoms with Gasteiger partial charge >= 0.3 is 6.36 Å². The van der Waals surface area contributed by atoms with Crippen LogP contribution in [0.4, 0.5) is 23.5 Å². The van der Waals surface area contributed by atoms with Crippen LogP contribution in [0.1, 0.15) is 12.8 Å². The van der Waals surface area contributed by atoms with Crippen LogP contribution in [0.25, 0.3) is 5.69 Å². The maximum atomic E-state index is 13.6. The minimum absolute atomic E-state index is 0.0333. The number of halogens is 4. The SMILES string of the molecule is NCC(F)C1CCN(c2ncn(-c3ccc(OC(F)(F)F)cc3)n2)CC1. The first-order chi connectivity index (χ1) is 12.4. The van der Waals surface area contributed by atoms with E-state index in [9.17, 15) is 17.6 Å². The number of aromatic nitrogens is 3. The fraction of sp³-hybridized carbons (Fsp3) is 0.500. The van der Waals surface area contributed by atoms with Crippen LogP contribution in [0.15, 0.2) is 30.6 Å². The van der Waals surface area contributed by atoms with Crippen molar-refractivity contribution in [3.63, 3.8) is 0 Å². The van der Waals surface area contributed by atoms with E-state index in [1.807, 2.05) is 4.90 Å². The van der Waals surface area contributed by atoms with Crippen molar-refractivity contribution in [1.82, 2.24) is 14.8 Å². The van der Waals surface area contributed by atoms with E-state index in [4.69, 9.17) is 5.73 Å². The number of nitrogens with two attached hydrogens (primary N) is 1. The summed E-state index contributed by atoms with van der Waals surface area (Å²) in [6, 6.07) is 5.34. The number of rotatable bonds is 5. The van der Waals surface area contributed by atoms with Crippen LogP contribution < -0.4 is 15.4 Å². The highest BCUT2D eigenvalue weighted by Crippen LogP contribution is 2.26. The number of piperidine rings is 1. The van der Waals surface area contributed by atoms with Gasteiger partial charge in [-0.25, -0.2) is 9.07 Å². The molecule has 0 spiro atoms. The number of nitrogens with zero attached hydrogens (tertiary/aromatic N) is 4. The molecule has 1 unspecified atom stereocenters. The van der Waals surface area contributed by atoms with Crippen molar-refractivity contribution in [2.75, 3.05) is 24.5 Å². The molecule has 0 bridgehead atoms. The zero-order chi connectivity index (χ0) is 18.7. The Hall–Kier alpha value is -2.36. The minimum Gasteiger partial charge on any atom is -0.406 e. The molecule has 2 N–H and O–H groups in total. The maximum Gasteiger partial charge on any atom is 0.573 e. The summed E-state index contributed by atoms with van der Waals surface area (Å²) in [7, 11) is 0. The van der Waals surface area contributed by atoms with Crippen LogP contribution in [-0.2, 0) is 0 Å². The van der Waals surface area contributed by atoms with Gasteiger partial charge in [-0.15, -0.1) is 18.3 Å². The lowest BCUT2D eigenvalue weighted by Crippen LogP contribution is -2.39. The fourth-order valence-corrected chi connectivity index (χ4v) is 2.98. The Morgan fingerprint density at radius 2 is 1.85 bits per heavy atom. The molecule has 6 nitrogen and oxygen atoms in total. The Balaban J connectivity index is 1.63. The smallest absolute Gasteiger partial charge is 0.406 e. The monoisotopic (exact) mass is 373 g/mol. The molecule has 0 radical (unpaired) electrons. The lowest BCUT2D eigenvalue weighted by Gasteiger charge is -2.32. The van der Waals surface area contributed by atoms with Crippen molar-refractivity contribution in [3.8, 4) is 11.4 Å². The summed E-state index contributed by atoms with van der Waals surface area (Å²) in [5.74, 6) is 0.158. The molecule has 26 heavy (non-hydrogen) atoms. The molecule has 3 rings (SSSR count). The summed E-state index contributed by atoms with van der Waals surface area (Å²) in [4.78, 5) is 6.19. The molecule has 2 heterocycles. The van der Waals surface area contributed by atoms with Gasteiger partial charge in [0.2, 0.25) is 5.95 Å². The van der Waals surface area contributed by atoms with Crippen molar-refractivity contribution >= 4 is 5.95 Å². The second kappa shape index (κ2) is 7.48. The Bertz CT molecular complexity index is 710. The van der Waals surface area contributed by atoms with E-state index in [1.54, 1.807) is 0 Å². The van der Waals surface area contributed by atoms with E-state index in [-0.39, 0.29) is 18.2 Å². The van der Waals surface area contributed by atoms with Gasteiger partial charge in [0, 0.05) is 19.6 Å². The van der Waals surface area contributed by atoms with Gasteiger partial charge in [0.15, 0.2) is 0 Å². The van der Waals surface area contributed by atoms with Gasteiger partial charge in [-0.2, -0.15) is 4.98 Å². The lowest BCUT2D eigenvalue weighted by molar-refractivity contribution is -0.274. The zero-order valence-electron chi connectivity index (χ0n) is 13.9. The third kappa shape index (κ3) is 4.43. The third-order valence-electron chi connectivity index (χ3n) is 4.37. The first kappa shape index (κ1) is 18.4. The first-order valence-corrected chi connectivity index (χ1v) is 8.22. The summed E-state index contributed by atoms with van der Waals surface area (Å²) in [6.07, 6.45) is -2.87. The molecule has 1 aliphatic rings. The molecule has 1 atom stereocenters. The highest BCUT2D eigenvalue weighted by atomic mass is 19.4. The molecule has 1 aliphatic heterocycles. The van der Waals surface area contributed by atoms with E-state index in [2.05, 4.69) is 14.8 Å². The Kier molecular flexibility index (Phi) is 5.30. The predicted molar refractivity (Wildman–Crippen MR) is 86.9 cm³/mol. The van der Waals surface area contributed by atoms with Crippen LogP contribution in [-0.4, -0.2) is 46.9 Å². The highest BCUT2D eigenvalue weighted by Gasteiger charge is 2.31. The molecule has 10 heteroatoms. The molecular formula is C16H19F4N5O. The van der Waals surface area contributed by atoms with Gasteiger partial charge in [-0.05, 0) is 43.0 Å². The maximum absolute atomic E-state index is 13.6. The van der Waals surface area contributed by atoms with Gasteiger partial charge in [0.25, 0.3) is 0 Å². The Morgan fingerprint density at radius 1 is 1.19 bits per heavy atom. The van der Waals surface area contributed by atoms with Gasteiger partial charge < -0.3 is 15.4 Å². The number of benzene rings is 1. The third-order valence-corrected chi connectivity index (χ3v) is 4.37. The van der Waals surface area contributed by atoms with E-state index in [1.165, 1.54) is 35.3 Å². The summed E-state index contributed by atoms with van der Waals surface area (Å²) in [5.41, 5.74) is 5.93. The minimum atomic E-state index is -4.73. The van der Waals surface area contributed by atoms with Crippen LogP contribution in [0.5, 0.6) is 5.75 Å². The van der Waals surface area contributed by atoms with Crippen LogP contribution >= 0.6 is 0 Å². The Labute approximate surface area is 147 Å². The van der Waals surface area contributed by atoms with E-state index >= 15 is 0 Å². The molecule has 0 aliphatic carbocycles. The standard InChI is InChI=1S/C16H19F4N5O/c17-14(9-21)11-5-7-24(8-6-11)15-22-10-25(23-15)12-1-3-13(4-2-12)26-16(18,19)20/h1-4,10-11,14H,5-9,21H2. The second-order valence-electron chi connectivity index (χ2n) is 6.11. The van der Waals surface area contributed by atoms with E-state index in [0.29, 0.717) is 37.6 Å². The largest absolute Gasteiger partial charge is 0.573 e. The van der Waals surface area contributed by atoms with Crippen LogP contribution in [0.2, 0.25) is 0 Å². The lowest BCUT2D eigenvalue weighted by atomic mass is 9.92. The average Bonchev–Trinajstić information content (AvgIpc) is 3.10. The number of hydrogen-bond donors (Lipinski definition) is 1. The van der Waals surface area contributed by atoms with Crippen LogP contribution in [0, 0.1) is 5.92 Å².